The Morgan fingerprint density at radius 3 is 2.30 bits per heavy atom. The normalized spacial score (nSPS) is 17.1. The van der Waals surface area contributed by atoms with E-state index in [2.05, 4.69) is 77.0 Å². The van der Waals surface area contributed by atoms with Crippen LogP contribution in [0.25, 0.3) is 5.69 Å². The molecule has 1 fully saturated rings. The van der Waals surface area contributed by atoms with Gasteiger partial charge in [0, 0.05) is 35.9 Å². The Kier molecular flexibility index (Phi) is 6.56. The largest absolute Gasteiger partial charge is 0.351 e. The molecule has 188 valence electrons. The third-order valence-corrected chi connectivity index (χ3v) is 7.33. The van der Waals surface area contributed by atoms with Crippen molar-refractivity contribution < 1.29 is 4.79 Å². The van der Waals surface area contributed by atoms with Crippen LogP contribution in [0.5, 0.6) is 0 Å². The van der Waals surface area contributed by atoms with Crippen molar-refractivity contribution in [2.24, 2.45) is 0 Å². The lowest BCUT2D eigenvalue weighted by Crippen LogP contribution is -2.29. The lowest BCUT2D eigenvalue weighted by Gasteiger charge is -2.28. The number of hydrogen-bond donors (Lipinski definition) is 2. The zero-order valence-electron chi connectivity index (χ0n) is 21.7. The van der Waals surface area contributed by atoms with Gasteiger partial charge in [-0.2, -0.15) is 0 Å². The Morgan fingerprint density at radius 2 is 1.68 bits per heavy atom. The van der Waals surface area contributed by atoms with Gasteiger partial charge < -0.3 is 20.1 Å². The second kappa shape index (κ2) is 9.82. The monoisotopic (exact) mass is 509 g/mol. The number of thiocarbonyl (C=S) groups is 1. The molecule has 6 nitrogen and oxygen atoms in total. The van der Waals surface area contributed by atoms with Crippen molar-refractivity contribution >= 4 is 34.6 Å². The molecule has 1 amide bonds. The van der Waals surface area contributed by atoms with Crippen LogP contribution < -0.4 is 15.5 Å². The molecule has 37 heavy (non-hydrogen) atoms. The summed E-state index contributed by atoms with van der Waals surface area (Å²) in [5.74, 6) is -0.0989. The first-order valence-electron chi connectivity index (χ1n) is 12.4. The number of carbonyl (C=O) groups is 1. The van der Waals surface area contributed by atoms with E-state index in [-0.39, 0.29) is 18.0 Å². The molecule has 3 heterocycles. The van der Waals surface area contributed by atoms with E-state index < -0.39 is 0 Å². The number of para-hydroxylation sites is 1. The minimum Gasteiger partial charge on any atom is -0.351 e. The molecule has 2 aromatic heterocycles. The Hall–Kier alpha value is -3.97. The first-order valence-corrected chi connectivity index (χ1v) is 12.8. The Bertz CT molecular complexity index is 1460. The summed E-state index contributed by atoms with van der Waals surface area (Å²) in [6.45, 7) is 10.2. The number of nitrogens with one attached hydrogen (secondary N) is 2. The number of hydrogen-bond acceptors (Lipinski definition) is 3. The molecule has 0 bridgehead atoms. The average Bonchev–Trinajstić information content (AvgIpc) is 3.35. The van der Waals surface area contributed by atoms with Crippen molar-refractivity contribution in [1.82, 2.24) is 14.9 Å². The first kappa shape index (κ1) is 24.7. The van der Waals surface area contributed by atoms with Gasteiger partial charge in [0.25, 0.3) is 0 Å². The highest BCUT2D eigenvalue weighted by Crippen LogP contribution is 2.44. The van der Waals surface area contributed by atoms with Gasteiger partial charge in [-0.15, -0.1) is 0 Å². The van der Waals surface area contributed by atoms with E-state index in [9.17, 15) is 4.79 Å². The predicted molar refractivity (Wildman–Crippen MR) is 153 cm³/mol. The fourth-order valence-corrected chi connectivity index (χ4v) is 5.79. The van der Waals surface area contributed by atoms with Gasteiger partial charge >= 0.3 is 0 Å². The van der Waals surface area contributed by atoms with Crippen LogP contribution in [0.2, 0.25) is 0 Å². The van der Waals surface area contributed by atoms with E-state index in [1.807, 2.05) is 48.7 Å². The number of anilines is 2. The molecular weight excluding hydrogens is 478 g/mol. The lowest BCUT2D eigenvalue weighted by molar-refractivity contribution is -0.114. The van der Waals surface area contributed by atoms with Gasteiger partial charge in [0.2, 0.25) is 5.91 Å². The number of nitrogens with zero attached hydrogens (tertiary/aromatic N) is 3. The fraction of sp³-hybridized carbons (Fsp3) is 0.233. The Balaban J connectivity index is 1.66. The van der Waals surface area contributed by atoms with Crippen molar-refractivity contribution in [2.45, 2.75) is 46.7 Å². The molecule has 4 aromatic rings. The third-order valence-electron chi connectivity index (χ3n) is 7.02. The summed E-state index contributed by atoms with van der Waals surface area (Å²) in [4.78, 5) is 18.4. The SMILES string of the molecule is CC(=O)Nc1ccc(N2C(=S)N[C@H](c3ccccn3)[C@@H]2c2cc(C)n(-c3c(C)cccc3C)c2C)cc1. The van der Waals surface area contributed by atoms with Gasteiger partial charge in [0.1, 0.15) is 0 Å². The maximum absolute atomic E-state index is 11.5. The van der Waals surface area contributed by atoms with E-state index >= 15 is 0 Å². The Morgan fingerprint density at radius 1 is 0.973 bits per heavy atom. The van der Waals surface area contributed by atoms with Gasteiger partial charge in [-0.3, -0.25) is 9.78 Å². The molecule has 5 rings (SSSR count). The molecule has 0 saturated carbocycles. The number of aryl methyl sites for hydroxylation is 3. The maximum atomic E-state index is 11.5. The summed E-state index contributed by atoms with van der Waals surface area (Å²) in [6.07, 6.45) is 1.82. The number of amides is 1. The van der Waals surface area contributed by atoms with Crippen LogP contribution in [0, 0.1) is 27.7 Å². The van der Waals surface area contributed by atoms with Crippen LogP contribution in [0.4, 0.5) is 11.4 Å². The van der Waals surface area contributed by atoms with Gasteiger partial charge in [0.05, 0.1) is 23.5 Å². The van der Waals surface area contributed by atoms with Crippen LogP contribution in [0.1, 0.15) is 52.8 Å². The summed E-state index contributed by atoms with van der Waals surface area (Å²) < 4.78 is 2.36. The highest BCUT2D eigenvalue weighted by Gasteiger charge is 2.42. The molecule has 0 unspecified atom stereocenters. The second-order valence-electron chi connectivity index (χ2n) is 9.63. The van der Waals surface area contributed by atoms with Gasteiger partial charge in [0.15, 0.2) is 5.11 Å². The van der Waals surface area contributed by atoms with Crippen molar-refractivity contribution in [3.63, 3.8) is 0 Å². The highest BCUT2D eigenvalue weighted by molar-refractivity contribution is 7.80. The fourth-order valence-electron chi connectivity index (χ4n) is 5.45. The number of rotatable bonds is 5. The third kappa shape index (κ3) is 4.51. The molecule has 2 aromatic carbocycles. The zero-order chi connectivity index (χ0) is 26.3. The first-order chi connectivity index (χ1) is 17.8. The van der Waals surface area contributed by atoms with Crippen molar-refractivity contribution in [1.29, 1.82) is 0 Å². The molecular formula is C30H31N5OS. The Labute approximate surface area is 223 Å². The summed E-state index contributed by atoms with van der Waals surface area (Å²) in [5.41, 5.74) is 9.86. The van der Waals surface area contributed by atoms with E-state index in [1.54, 1.807) is 0 Å². The minimum absolute atomic E-state index is 0.0989. The van der Waals surface area contributed by atoms with Gasteiger partial charge in [-0.05, 0) is 99.1 Å². The molecule has 7 heteroatoms. The van der Waals surface area contributed by atoms with Crippen LogP contribution in [-0.4, -0.2) is 20.6 Å². The van der Waals surface area contributed by atoms with Gasteiger partial charge in [-0.1, -0.05) is 24.3 Å². The number of benzene rings is 2. The molecule has 0 spiro atoms. The quantitative estimate of drug-likeness (QED) is 0.312. The smallest absolute Gasteiger partial charge is 0.221 e. The summed E-state index contributed by atoms with van der Waals surface area (Å²) in [6, 6.07) is 22.2. The van der Waals surface area contributed by atoms with Crippen LogP contribution in [-0.2, 0) is 4.79 Å². The topological polar surface area (TPSA) is 62.2 Å². The predicted octanol–water partition coefficient (Wildman–Crippen LogP) is 6.24. The van der Waals surface area contributed by atoms with Crippen LogP contribution in [0.15, 0.2) is 72.9 Å². The minimum atomic E-state index is -0.129. The van der Waals surface area contributed by atoms with Crippen LogP contribution >= 0.6 is 12.2 Å². The van der Waals surface area contributed by atoms with Crippen molar-refractivity contribution in [3.8, 4) is 5.69 Å². The van der Waals surface area contributed by atoms with E-state index in [4.69, 9.17) is 12.2 Å². The summed E-state index contributed by atoms with van der Waals surface area (Å²) in [5, 5.41) is 7.03. The van der Waals surface area contributed by atoms with Gasteiger partial charge in [-0.25, -0.2) is 0 Å². The van der Waals surface area contributed by atoms with E-state index in [0.29, 0.717) is 5.11 Å². The summed E-state index contributed by atoms with van der Waals surface area (Å²) >= 11 is 5.91. The molecule has 1 aliphatic rings. The molecule has 0 aliphatic carbocycles. The highest BCUT2D eigenvalue weighted by atomic mass is 32.1. The van der Waals surface area contributed by atoms with Crippen molar-refractivity contribution in [3.05, 3.63) is 107 Å². The van der Waals surface area contributed by atoms with Crippen LogP contribution in [0.3, 0.4) is 0 Å². The molecule has 1 aliphatic heterocycles. The number of aromatic nitrogens is 2. The second-order valence-corrected chi connectivity index (χ2v) is 10.0. The average molecular weight is 510 g/mol. The molecule has 0 radical (unpaired) electrons. The number of pyridine rings is 1. The molecule has 2 N–H and O–H groups in total. The zero-order valence-corrected chi connectivity index (χ0v) is 22.6. The lowest BCUT2D eigenvalue weighted by atomic mass is 9.96. The summed E-state index contributed by atoms with van der Waals surface area (Å²) in [7, 11) is 0. The van der Waals surface area contributed by atoms with E-state index in [1.165, 1.54) is 40.7 Å². The van der Waals surface area contributed by atoms with Crippen molar-refractivity contribution in [2.75, 3.05) is 10.2 Å². The standard InChI is InChI=1S/C30H31N5OS/c1-18-9-8-10-19(2)28(18)34-20(3)17-25(21(34)4)29-27(26-11-6-7-16-31-26)33-30(37)35(29)24-14-12-23(13-15-24)32-22(5)36/h6-17,27,29H,1-5H3,(H,32,36)(H,33,37)/t27-,29+/m1/s1. The maximum Gasteiger partial charge on any atom is 0.221 e. The molecule has 2 atom stereocenters. The van der Waals surface area contributed by atoms with E-state index in [0.717, 1.165) is 17.1 Å². The number of carbonyl (C=O) groups excluding carboxylic acids is 1. The molecule has 1 saturated heterocycles.